The van der Waals surface area contributed by atoms with E-state index in [4.69, 9.17) is 15.6 Å². The third-order valence-electron chi connectivity index (χ3n) is 5.11. The zero-order valence-electron chi connectivity index (χ0n) is 15.9. The molecule has 0 amide bonds. The van der Waals surface area contributed by atoms with Gasteiger partial charge in [0.15, 0.2) is 0 Å². The number of benzene rings is 2. The lowest BCUT2D eigenvalue weighted by atomic mass is 10.1. The van der Waals surface area contributed by atoms with Crippen molar-refractivity contribution in [3.63, 3.8) is 0 Å². The van der Waals surface area contributed by atoms with Gasteiger partial charge in [0.1, 0.15) is 11.5 Å². The van der Waals surface area contributed by atoms with Crippen LogP contribution in [0.4, 0.5) is 0 Å². The summed E-state index contributed by atoms with van der Waals surface area (Å²) in [6, 6.07) is 13.4. The van der Waals surface area contributed by atoms with Crippen LogP contribution in [0.3, 0.4) is 0 Å². The van der Waals surface area contributed by atoms with Crippen LogP contribution in [0.5, 0.6) is 11.5 Å². The fraction of sp³-hybridized carbons (Fsp3) is 0.318. The summed E-state index contributed by atoms with van der Waals surface area (Å²) in [5, 5.41) is 20.7. The highest BCUT2D eigenvalue weighted by Gasteiger charge is 2.11. The van der Waals surface area contributed by atoms with Crippen molar-refractivity contribution in [3.8, 4) is 11.5 Å². The molecule has 28 heavy (non-hydrogen) atoms. The Hall–Kier alpha value is -2.99. The number of nitrogens with zero attached hydrogens (tertiary/aromatic N) is 3. The van der Waals surface area contributed by atoms with E-state index in [0.717, 1.165) is 41.1 Å². The van der Waals surface area contributed by atoms with Crippen LogP contribution in [0.1, 0.15) is 24.8 Å². The first-order chi connectivity index (χ1) is 13.7. The molecule has 1 saturated heterocycles. The lowest BCUT2D eigenvalue weighted by Gasteiger charge is -2.13. The van der Waals surface area contributed by atoms with Gasteiger partial charge in [-0.05, 0) is 74.0 Å². The van der Waals surface area contributed by atoms with E-state index in [1.165, 1.54) is 32.1 Å². The highest BCUT2D eigenvalue weighted by atomic mass is 16.5. The van der Waals surface area contributed by atoms with Gasteiger partial charge in [-0.1, -0.05) is 0 Å². The second-order valence-corrected chi connectivity index (χ2v) is 7.17. The number of ether oxygens (including phenoxy) is 1. The summed E-state index contributed by atoms with van der Waals surface area (Å²) in [7, 11) is 0. The zero-order chi connectivity index (χ0) is 19.3. The third-order valence-corrected chi connectivity index (χ3v) is 5.11. The quantitative estimate of drug-likeness (QED) is 0.575. The molecule has 1 fully saturated rings. The molecule has 3 aromatic rings. The Morgan fingerprint density at radius 2 is 1.79 bits per heavy atom. The Kier molecular flexibility index (Phi) is 5.48. The summed E-state index contributed by atoms with van der Waals surface area (Å²) >= 11 is 0. The number of rotatable bonds is 8. The van der Waals surface area contributed by atoms with Crippen molar-refractivity contribution in [2.24, 2.45) is 0 Å². The number of likely N-dealkylation sites (tertiary alicyclic amines) is 1. The molecule has 144 valence electrons. The number of fused-ring (bicyclic) bond motifs is 1. The van der Waals surface area contributed by atoms with Crippen LogP contribution >= 0.6 is 0 Å². The van der Waals surface area contributed by atoms with Crippen LogP contribution in [-0.2, 0) is 6.54 Å². The molecule has 1 aliphatic rings. The van der Waals surface area contributed by atoms with Gasteiger partial charge in [-0.3, -0.25) is 4.68 Å². The summed E-state index contributed by atoms with van der Waals surface area (Å²) < 4.78 is 8.00. The van der Waals surface area contributed by atoms with Crippen molar-refractivity contribution in [2.75, 3.05) is 19.6 Å². The number of nitrogens with one attached hydrogen (secondary N) is 2. The van der Waals surface area contributed by atoms with E-state index in [1.807, 2.05) is 47.1 Å². The molecule has 1 aromatic heterocycles. The molecule has 1 aliphatic heterocycles. The minimum atomic E-state index is 0.346. The minimum absolute atomic E-state index is 0.346. The fourth-order valence-electron chi connectivity index (χ4n) is 3.56. The standard InChI is InChI=1S/C22H25N5O/c23-10-9-21(24)17-3-5-19(6-4-17)28-20-7-8-22-18(15-20)16-27(25-22)14-13-26-11-1-2-12-26/h3-8,10,15-16,23-24H,1-2,9,11-14H2. The van der Waals surface area contributed by atoms with Crippen molar-refractivity contribution >= 4 is 22.8 Å². The molecule has 0 spiro atoms. The maximum atomic E-state index is 7.90. The van der Waals surface area contributed by atoms with Crippen LogP contribution in [0.25, 0.3) is 10.9 Å². The summed E-state index contributed by atoms with van der Waals surface area (Å²) in [5.41, 5.74) is 2.22. The van der Waals surface area contributed by atoms with Gasteiger partial charge in [0.25, 0.3) is 0 Å². The molecule has 0 bridgehead atoms. The summed E-state index contributed by atoms with van der Waals surface area (Å²) in [5.74, 6) is 1.50. The smallest absolute Gasteiger partial charge is 0.128 e. The molecular formula is C22H25N5O. The summed E-state index contributed by atoms with van der Waals surface area (Å²) in [4.78, 5) is 2.49. The topological polar surface area (TPSA) is 78.0 Å². The minimum Gasteiger partial charge on any atom is -0.457 e. The molecule has 2 aromatic carbocycles. The first-order valence-corrected chi connectivity index (χ1v) is 9.75. The van der Waals surface area contributed by atoms with Gasteiger partial charge in [-0.2, -0.15) is 5.10 Å². The number of hydrogen-bond donors (Lipinski definition) is 2. The molecule has 0 radical (unpaired) electrons. The van der Waals surface area contributed by atoms with Crippen molar-refractivity contribution in [3.05, 3.63) is 54.2 Å². The zero-order valence-corrected chi connectivity index (χ0v) is 15.9. The van der Waals surface area contributed by atoms with Gasteiger partial charge in [0.2, 0.25) is 0 Å². The molecule has 6 heteroatoms. The van der Waals surface area contributed by atoms with Crippen LogP contribution in [0.15, 0.2) is 48.7 Å². The Bertz CT molecular complexity index is 970. The van der Waals surface area contributed by atoms with Gasteiger partial charge in [-0.25, -0.2) is 0 Å². The molecule has 0 atom stereocenters. The Morgan fingerprint density at radius 3 is 2.54 bits per heavy atom. The Labute approximate surface area is 164 Å². The molecule has 0 unspecified atom stereocenters. The van der Waals surface area contributed by atoms with E-state index in [9.17, 15) is 0 Å². The molecule has 0 aliphatic carbocycles. The van der Waals surface area contributed by atoms with Crippen LogP contribution in [-0.4, -0.2) is 46.2 Å². The molecule has 2 N–H and O–H groups in total. The maximum Gasteiger partial charge on any atom is 0.128 e. The van der Waals surface area contributed by atoms with Gasteiger partial charge >= 0.3 is 0 Å². The van der Waals surface area contributed by atoms with Crippen molar-refractivity contribution in [1.82, 2.24) is 14.7 Å². The molecule has 6 nitrogen and oxygen atoms in total. The van der Waals surface area contributed by atoms with Crippen molar-refractivity contribution < 1.29 is 4.74 Å². The van der Waals surface area contributed by atoms with Gasteiger partial charge in [-0.15, -0.1) is 0 Å². The molecular weight excluding hydrogens is 350 g/mol. The van der Waals surface area contributed by atoms with E-state index in [-0.39, 0.29) is 0 Å². The van der Waals surface area contributed by atoms with E-state index in [0.29, 0.717) is 12.1 Å². The SMILES string of the molecule is N=CCC(=N)c1ccc(Oc2ccc3nn(CCN4CCCC4)cc3c2)cc1. The second kappa shape index (κ2) is 8.35. The predicted molar refractivity (Wildman–Crippen MR) is 112 cm³/mol. The average Bonchev–Trinajstić information content (AvgIpc) is 3.36. The fourth-order valence-corrected chi connectivity index (χ4v) is 3.56. The maximum absolute atomic E-state index is 7.90. The van der Waals surface area contributed by atoms with Crippen LogP contribution < -0.4 is 4.74 Å². The third kappa shape index (κ3) is 4.28. The summed E-state index contributed by atoms with van der Waals surface area (Å²) in [6.45, 7) is 4.38. The highest BCUT2D eigenvalue weighted by molar-refractivity contribution is 6.04. The van der Waals surface area contributed by atoms with Gasteiger partial charge < -0.3 is 20.5 Å². The van der Waals surface area contributed by atoms with Crippen molar-refractivity contribution in [2.45, 2.75) is 25.8 Å². The monoisotopic (exact) mass is 375 g/mol. The lowest BCUT2D eigenvalue weighted by molar-refractivity contribution is 0.316. The number of aromatic nitrogens is 2. The second-order valence-electron chi connectivity index (χ2n) is 7.17. The largest absolute Gasteiger partial charge is 0.457 e. The molecule has 2 heterocycles. The van der Waals surface area contributed by atoms with E-state index in [1.54, 1.807) is 0 Å². The normalized spacial score (nSPS) is 14.4. The first-order valence-electron chi connectivity index (χ1n) is 9.75. The van der Waals surface area contributed by atoms with Crippen LogP contribution in [0, 0.1) is 10.8 Å². The summed E-state index contributed by atoms with van der Waals surface area (Å²) in [6.07, 6.45) is 6.30. The van der Waals surface area contributed by atoms with Gasteiger partial charge in [0, 0.05) is 36.5 Å². The van der Waals surface area contributed by atoms with Gasteiger partial charge in [0.05, 0.1) is 12.1 Å². The Balaban J connectivity index is 1.42. The van der Waals surface area contributed by atoms with E-state index in [2.05, 4.69) is 16.2 Å². The van der Waals surface area contributed by atoms with Crippen LogP contribution in [0.2, 0.25) is 0 Å². The first kappa shape index (κ1) is 18.4. The van der Waals surface area contributed by atoms with Crippen molar-refractivity contribution in [1.29, 1.82) is 10.8 Å². The molecule has 0 saturated carbocycles. The molecule has 4 rings (SSSR count). The van der Waals surface area contributed by atoms with E-state index < -0.39 is 0 Å². The number of hydrogen-bond acceptors (Lipinski definition) is 5. The van der Waals surface area contributed by atoms with E-state index >= 15 is 0 Å². The Morgan fingerprint density at radius 1 is 1.04 bits per heavy atom. The average molecular weight is 375 g/mol. The lowest BCUT2D eigenvalue weighted by Crippen LogP contribution is -2.24. The highest BCUT2D eigenvalue weighted by Crippen LogP contribution is 2.25. The predicted octanol–water partition coefficient (Wildman–Crippen LogP) is 4.33.